The van der Waals surface area contributed by atoms with Crippen molar-refractivity contribution in [2.24, 2.45) is 11.8 Å². The van der Waals surface area contributed by atoms with Crippen LogP contribution in [0.3, 0.4) is 0 Å². The molecule has 0 spiro atoms. The van der Waals surface area contributed by atoms with Gasteiger partial charge in [0.05, 0.1) is 21.7 Å². The Bertz CT molecular complexity index is 1490. The molecule has 0 aliphatic rings. The van der Waals surface area contributed by atoms with Gasteiger partial charge in [-0.1, -0.05) is 56.7 Å². The quantitative estimate of drug-likeness (QED) is 0.217. The highest BCUT2D eigenvalue weighted by Gasteiger charge is 2.27. The Morgan fingerprint density at radius 3 is 2.29 bits per heavy atom. The van der Waals surface area contributed by atoms with Crippen molar-refractivity contribution < 1.29 is 13.2 Å². The van der Waals surface area contributed by atoms with Crippen molar-refractivity contribution in [2.75, 3.05) is 18.0 Å². The summed E-state index contributed by atoms with van der Waals surface area (Å²) in [6, 6.07) is 15.3. The first-order valence-electron chi connectivity index (χ1n) is 12.4. The third kappa shape index (κ3) is 6.58. The molecule has 38 heavy (non-hydrogen) atoms. The SMILES string of the molecule is CC(C)CN(CC(C)C)S(=O)(=O)c1ccc(C(=O)N(Cc2cccnc2)c2nc3ccc(Cl)cc3s2)cc1. The van der Waals surface area contributed by atoms with E-state index < -0.39 is 10.0 Å². The third-order valence-electron chi connectivity index (χ3n) is 5.76. The second kappa shape index (κ2) is 11.9. The Kier molecular flexibility index (Phi) is 8.82. The molecule has 0 saturated heterocycles. The van der Waals surface area contributed by atoms with Crippen molar-refractivity contribution in [2.45, 2.75) is 39.1 Å². The van der Waals surface area contributed by atoms with Gasteiger partial charge in [0, 0.05) is 36.1 Å². The molecule has 2 aromatic carbocycles. The van der Waals surface area contributed by atoms with Crippen LogP contribution >= 0.6 is 22.9 Å². The summed E-state index contributed by atoms with van der Waals surface area (Å²) in [7, 11) is -3.70. The second-order valence-electron chi connectivity index (χ2n) is 10.00. The number of anilines is 1. The van der Waals surface area contributed by atoms with Crippen LogP contribution in [0.25, 0.3) is 10.2 Å². The number of halogens is 1. The summed E-state index contributed by atoms with van der Waals surface area (Å²) in [6.07, 6.45) is 3.38. The molecule has 4 rings (SSSR count). The van der Waals surface area contributed by atoms with Crippen LogP contribution in [0.2, 0.25) is 5.02 Å². The number of thiazole rings is 1. The average molecular weight is 571 g/mol. The summed E-state index contributed by atoms with van der Waals surface area (Å²) in [4.78, 5) is 24.4. The lowest BCUT2D eigenvalue weighted by Gasteiger charge is -2.26. The molecule has 0 unspecified atom stereocenters. The highest BCUT2D eigenvalue weighted by Crippen LogP contribution is 2.32. The van der Waals surface area contributed by atoms with E-state index in [1.165, 1.54) is 27.8 Å². The number of fused-ring (bicyclic) bond motifs is 1. The standard InChI is InChI=1S/C28H31ClN4O3S2/c1-19(2)16-32(17-20(3)4)38(35,36)24-10-7-22(8-11-24)27(34)33(18-21-6-5-13-30-15-21)28-31-25-12-9-23(29)14-26(25)37-28/h5-15,19-20H,16-18H2,1-4H3. The lowest BCUT2D eigenvalue weighted by atomic mass is 10.2. The summed E-state index contributed by atoms with van der Waals surface area (Å²) in [6.45, 7) is 9.12. The first-order valence-corrected chi connectivity index (χ1v) is 15.0. The minimum atomic E-state index is -3.70. The van der Waals surface area contributed by atoms with Gasteiger partial charge in [0.2, 0.25) is 10.0 Å². The van der Waals surface area contributed by atoms with E-state index in [1.807, 2.05) is 52.0 Å². The number of pyridine rings is 1. The van der Waals surface area contributed by atoms with Crippen molar-refractivity contribution in [1.29, 1.82) is 0 Å². The van der Waals surface area contributed by atoms with Gasteiger partial charge < -0.3 is 0 Å². The first kappa shape index (κ1) is 28.2. The van der Waals surface area contributed by atoms with E-state index in [4.69, 9.17) is 11.6 Å². The molecule has 0 N–H and O–H groups in total. The summed E-state index contributed by atoms with van der Waals surface area (Å²) in [5, 5.41) is 1.12. The van der Waals surface area contributed by atoms with Gasteiger partial charge in [0.25, 0.3) is 5.91 Å². The summed E-state index contributed by atoms with van der Waals surface area (Å²) >= 11 is 7.53. The predicted molar refractivity (Wildman–Crippen MR) is 154 cm³/mol. The number of carbonyl (C=O) groups excluding carboxylic acids is 1. The van der Waals surface area contributed by atoms with Crippen molar-refractivity contribution in [3.8, 4) is 0 Å². The van der Waals surface area contributed by atoms with Gasteiger partial charge in [-0.2, -0.15) is 4.31 Å². The zero-order valence-electron chi connectivity index (χ0n) is 21.8. The predicted octanol–water partition coefficient (Wildman–Crippen LogP) is 6.49. The normalized spacial score (nSPS) is 12.1. The molecule has 0 saturated carbocycles. The monoisotopic (exact) mass is 570 g/mol. The molecule has 200 valence electrons. The Morgan fingerprint density at radius 1 is 1.00 bits per heavy atom. The number of aromatic nitrogens is 2. The molecule has 2 aromatic heterocycles. The van der Waals surface area contributed by atoms with E-state index in [9.17, 15) is 13.2 Å². The van der Waals surface area contributed by atoms with Crippen molar-refractivity contribution in [3.05, 3.63) is 83.1 Å². The molecule has 4 aromatic rings. The minimum absolute atomic E-state index is 0.170. The van der Waals surface area contributed by atoms with Crippen LogP contribution in [0.5, 0.6) is 0 Å². The number of sulfonamides is 1. The van der Waals surface area contributed by atoms with Crippen molar-refractivity contribution >= 4 is 54.2 Å². The molecule has 0 atom stereocenters. The largest absolute Gasteiger partial charge is 0.279 e. The maximum atomic E-state index is 13.8. The van der Waals surface area contributed by atoms with E-state index in [0.29, 0.717) is 28.8 Å². The molecule has 2 heterocycles. The number of benzene rings is 2. The number of amides is 1. The second-order valence-corrected chi connectivity index (χ2v) is 13.4. The van der Waals surface area contributed by atoms with Crippen LogP contribution in [0, 0.1) is 11.8 Å². The summed E-state index contributed by atoms with van der Waals surface area (Å²) in [5.74, 6) is 0.0902. The van der Waals surface area contributed by atoms with Crippen LogP contribution in [0.15, 0.2) is 71.9 Å². The molecule has 1 amide bonds. The molecule has 0 fully saturated rings. The lowest BCUT2D eigenvalue weighted by molar-refractivity contribution is 0.0985. The molecular weight excluding hydrogens is 540 g/mol. The molecular formula is C28H31ClN4O3S2. The van der Waals surface area contributed by atoms with Gasteiger partial charge >= 0.3 is 0 Å². The van der Waals surface area contributed by atoms with E-state index in [0.717, 1.165) is 15.8 Å². The van der Waals surface area contributed by atoms with Gasteiger partial charge in [-0.05, 0) is 65.9 Å². The molecule has 0 aliphatic carbocycles. The van der Waals surface area contributed by atoms with E-state index in [1.54, 1.807) is 35.5 Å². The Labute approximate surface area is 233 Å². The van der Waals surface area contributed by atoms with Gasteiger partial charge in [-0.25, -0.2) is 13.4 Å². The van der Waals surface area contributed by atoms with Crippen LogP contribution in [-0.2, 0) is 16.6 Å². The number of hydrogen-bond acceptors (Lipinski definition) is 6. The Balaban J connectivity index is 1.67. The lowest BCUT2D eigenvalue weighted by Crippen LogP contribution is -2.37. The Hall–Kier alpha value is -2.85. The smallest absolute Gasteiger partial charge is 0.260 e. The van der Waals surface area contributed by atoms with Gasteiger partial charge in [-0.3, -0.25) is 14.7 Å². The van der Waals surface area contributed by atoms with Crippen LogP contribution in [-0.4, -0.2) is 41.7 Å². The molecule has 0 radical (unpaired) electrons. The van der Waals surface area contributed by atoms with Gasteiger partial charge in [-0.15, -0.1) is 0 Å². The summed E-state index contributed by atoms with van der Waals surface area (Å²) < 4.78 is 29.2. The highest BCUT2D eigenvalue weighted by atomic mass is 35.5. The maximum Gasteiger partial charge on any atom is 0.260 e. The molecule has 10 heteroatoms. The fourth-order valence-electron chi connectivity index (χ4n) is 4.06. The van der Waals surface area contributed by atoms with Crippen LogP contribution in [0.1, 0.15) is 43.6 Å². The average Bonchev–Trinajstić information content (AvgIpc) is 3.29. The fourth-order valence-corrected chi connectivity index (χ4v) is 7.07. The number of carbonyl (C=O) groups is 1. The van der Waals surface area contributed by atoms with Gasteiger partial charge in [0.1, 0.15) is 0 Å². The maximum absolute atomic E-state index is 13.8. The highest BCUT2D eigenvalue weighted by molar-refractivity contribution is 7.89. The van der Waals surface area contributed by atoms with Gasteiger partial charge in [0.15, 0.2) is 5.13 Å². The number of rotatable bonds is 10. The van der Waals surface area contributed by atoms with Crippen molar-refractivity contribution in [1.82, 2.24) is 14.3 Å². The van der Waals surface area contributed by atoms with Crippen molar-refractivity contribution in [3.63, 3.8) is 0 Å². The van der Waals surface area contributed by atoms with E-state index in [-0.39, 0.29) is 29.2 Å². The van der Waals surface area contributed by atoms with E-state index in [2.05, 4.69) is 9.97 Å². The van der Waals surface area contributed by atoms with Crippen LogP contribution in [0.4, 0.5) is 5.13 Å². The minimum Gasteiger partial charge on any atom is -0.279 e. The molecule has 0 bridgehead atoms. The first-order chi connectivity index (χ1) is 18.0. The third-order valence-corrected chi connectivity index (χ3v) is 8.88. The van der Waals surface area contributed by atoms with E-state index >= 15 is 0 Å². The van der Waals surface area contributed by atoms with Crippen LogP contribution < -0.4 is 4.90 Å². The summed E-state index contributed by atoms with van der Waals surface area (Å²) in [5.41, 5.74) is 1.95. The topological polar surface area (TPSA) is 83.5 Å². The molecule has 7 nitrogen and oxygen atoms in total. The fraction of sp³-hybridized carbons (Fsp3) is 0.321. The number of nitrogens with zero attached hydrogens (tertiary/aromatic N) is 4. The Morgan fingerprint density at radius 2 is 1.68 bits per heavy atom. The number of hydrogen-bond donors (Lipinski definition) is 0. The zero-order chi connectivity index (χ0) is 27.4. The zero-order valence-corrected chi connectivity index (χ0v) is 24.2. The molecule has 0 aliphatic heterocycles.